The number of sulfonamides is 1. The van der Waals surface area contributed by atoms with Gasteiger partial charge in [0, 0.05) is 5.69 Å². The van der Waals surface area contributed by atoms with E-state index in [4.69, 9.17) is 4.74 Å². The van der Waals surface area contributed by atoms with Crippen molar-refractivity contribution in [2.45, 2.75) is 11.8 Å². The molecule has 0 aliphatic rings. The summed E-state index contributed by atoms with van der Waals surface area (Å²) in [5.41, 5.74) is 1.53. The molecule has 0 fully saturated rings. The Kier molecular flexibility index (Phi) is 6.37. The maximum Gasteiger partial charge on any atom is 0.264 e. The van der Waals surface area contributed by atoms with E-state index >= 15 is 0 Å². The fourth-order valence-corrected chi connectivity index (χ4v) is 4.22. The van der Waals surface area contributed by atoms with Gasteiger partial charge in [0.15, 0.2) is 0 Å². The maximum atomic E-state index is 13.4. The highest BCUT2D eigenvalue weighted by Gasteiger charge is 2.27. The SMILES string of the molecule is COc1ccc(S(=O)(=O)N(CC(=O)Nc2cccc(F)c2)c2ccc(C)cc2)cc1. The zero-order valence-electron chi connectivity index (χ0n) is 16.5. The first kappa shape index (κ1) is 21.3. The lowest BCUT2D eigenvalue weighted by molar-refractivity contribution is -0.114. The second-order valence-electron chi connectivity index (χ2n) is 6.58. The zero-order chi connectivity index (χ0) is 21.7. The molecule has 0 radical (unpaired) electrons. The van der Waals surface area contributed by atoms with Crippen molar-refractivity contribution in [2.24, 2.45) is 0 Å². The minimum atomic E-state index is -4.04. The summed E-state index contributed by atoms with van der Waals surface area (Å²) in [6.07, 6.45) is 0. The number of nitrogens with one attached hydrogen (secondary N) is 1. The van der Waals surface area contributed by atoms with Gasteiger partial charge in [-0.3, -0.25) is 9.10 Å². The van der Waals surface area contributed by atoms with E-state index in [2.05, 4.69) is 5.32 Å². The van der Waals surface area contributed by atoms with Crippen LogP contribution in [-0.4, -0.2) is 28.0 Å². The summed E-state index contributed by atoms with van der Waals surface area (Å²) >= 11 is 0. The predicted octanol–water partition coefficient (Wildman–Crippen LogP) is 3.98. The first-order chi connectivity index (χ1) is 14.3. The normalized spacial score (nSPS) is 11.0. The minimum Gasteiger partial charge on any atom is -0.497 e. The number of amides is 1. The van der Waals surface area contributed by atoms with Crippen LogP contribution in [-0.2, 0) is 14.8 Å². The van der Waals surface area contributed by atoms with E-state index in [1.54, 1.807) is 24.3 Å². The number of nitrogens with zero attached hydrogens (tertiary/aromatic N) is 1. The van der Waals surface area contributed by atoms with Gasteiger partial charge in [-0.2, -0.15) is 0 Å². The molecule has 0 saturated carbocycles. The Labute approximate surface area is 175 Å². The summed E-state index contributed by atoms with van der Waals surface area (Å²) in [6, 6.07) is 18.1. The van der Waals surface area contributed by atoms with E-state index in [0.717, 1.165) is 15.9 Å². The largest absolute Gasteiger partial charge is 0.497 e. The van der Waals surface area contributed by atoms with Crippen molar-refractivity contribution >= 4 is 27.3 Å². The molecular weight excluding hydrogens is 407 g/mol. The Balaban J connectivity index is 1.93. The molecule has 0 heterocycles. The molecule has 0 atom stereocenters. The quantitative estimate of drug-likeness (QED) is 0.618. The summed E-state index contributed by atoms with van der Waals surface area (Å²) < 4.78 is 46.1. The number of anilines is 2. The second-order valence-corrected chi connectivity index (χ2v) is 8.44. The predicted molar refractivity (Wildman–Crippen MR) is 114 cm³/mol. The van der Waals surface area contributed by atoms with Gasteiger partial charge in [0.2, 0.25) is 5.91 Å². The van der Waals surface area contributed by atoms with E-state index in [9.17, 15) is 17.6 Å². The van der Waals surface area contributed by atoms with E-state index in [1.807, 2.05) is 6.92 Å². The molecule has 0 saturated heterocycles. The Hall–Kier alpha value is -3.39. The van der Waals surface area contributed by atoms with Gasteiger partial charge in [-0.15, -0.1) is 0 Å². The number of aryl methyl sites for hydroxylation is 1. The van der Waals surface area contributed by atoms with Gasteiger partial charge in [-0.25, -0.2) is 12.8 Å². The molecule has 0 spiro atoms. The Bertz CT molecular complexity index is 1130. The van der Waals surface area contributed by atoms with Gasteiger partial charge in [0.1, 0.15) is 18.1 Å². The topological polar surface area (TPSA) is 75.7 Å². The van der Waals surface area contributed by atoms with E-state index in [1.165, 1.54) is 49.6 Å². The van der Waals surface area contributed by atoms with Gasteiger partial charge in [-0.05, 0) is 61.5 Å². The Morgan fingerprint density at radius 1 is 1.03 bits per heavy atom. The van der Waals surface area contributed by atoms with Crippen LogP contribution in [0.3, 0.4) is 0 Å². The number of hydrogen-bond donors (Lipinski definition) is 1. The summed E-state index contributed by atoms with van der Waals surface area (Å²) in [4.78, 5) is 12.6. The van der Waals surface area contributed by atoms with Crippen molar-refractivity contribution in [1.29, 1.82) is 0 Å². The molecule has 8 heteroatoms. The summed E-state index contributed by atoms with van der Waals surface area (Å²) in [6.45, 7) is 1.40. The van der Waals surface area contributed by atoms with Crippen LogP contribution in [0, 0.1) is 12.7 Å². The monoisotopic (exact) mass is 428 g/mol. The smallest absolute Gasteiger partial charge is 0.264 e. The highest BCUT2D eigenvalue weighted by atomic mass is 32.2. The molecular formula is C22H21FN2O4S. The van der Waals surface area contributed by atoms with Crippen LogP contribution in [0.4, 0.5) is 15.8 Å². The molecule has 0 aliphatic heterocycles. The summed E-state index contributed by atoms with van der Waals surface area (Å²) in [7, 11) is -2.56. The maximum absolute atomic E-state index is 13.4. The van der Waals surface area contributed by atoms with Crippen LogP contribution in [0.5, 0.6) is 5.75 Å². The van der Waals surface area contributed by atoms with Crippen LogP contribution < -0.4 is 14.4 Å². The van der Waals surface area contributed by atoms with Crippen molar-refractivity contribution in [2.75, 3.05) is 23.3 Å². The van der Waals surface area contributed by atoms with Crippen LogP contribution in [0.15, 0.2) is 77.7 Å². The molecule has 0 aliphatic carbocycles. The minimum absolute atomic E-state index is 0.0161. The average Bonchev–Trinajstić information content (AvgIpc) is 2.73. The average molecular weight is 428 g/mol. The summed E-state index contributed by atoms with van der Waals surface area (Å²) in [5, 5.41) is 2.53. The van der Waals surface area contributed by atoms with Crippen molar-refractivity contribution in [3.8, 4) is 5.75 Å². The van der Waals surface area contributed by atoms with Gasteiger partial charge in [-0.1, -0.05) is 23.8 Å². The first-order valence-electron chi connectivity index (χ1n) is 9.08. The fraction of sp³-hybridized carbons (Fsp3) is 0.136. The number of hydrogen-bond acceptors (Lipinski definition) is 4. The van der Waals surface area contributed by atoms with Crippen molar-refractivity contribution < 1.29 is 22.3 Å². The molecule has 156 valence electrons. The molecule has 0 aromatic heterocycles. The third-order valence-electron chi connectivity index (χ3n) is 4.36. The Morgan fingerprint density at radius 2 is 1.70 bits per heavy atom. The number of halogens is 1. The molecule has 3 aromatic carbocycles. The van der Waals surface area contributed by atoms with Crippen molar-refractivity contribution in [3.05, 3.63) is 84.2 Å². The van der Waals surface area contributed by atoms with Gasteiger partial charge < -0.3 is 10.1 Å². The lowest BCUT2D eigenvalue weighted by Crippen LogP contribution is -2.38. The lowest BCUT2D eigenvalue weighted by atomic mass is 10.2. The molecule has 3 rings (SSSR count). The van der Waals surface area contributed by atoms with E-state index < -0.39 is 28.3 Å². The number of methoxy groups -OCH3 is 1. The summed E-state index contributed by atoms with van der Waals surface area (Å²) in [5.74, 6) is -0.591. The van der Waals surface area contributed by atoms with Gasteiger partial charge >= 0.3 is 0 Å². The van der Waals surface area contributed by atoms with Crippen LogP contribution in [0.1, 0.15) is 5.56 Å². The van der Waals surface area contributed by atoms with E-state index in [0.29, 0.717) is 11.4 Å². The first-order valence-corrected chi connectivity index (χ1v) is 10.5. The van der Waals surface area contributed by atoms with Crippen molar-refractivity contribution in [3.63, 3.8) is 0 Å². The van der Waals surface area contributed by atoms with Crippen LogP contribution >= 0.6 is 0 Å². The third-order valence-corrected chi connectivity index (χ3v) is 6.15. The number of benzene rings is 3. The molecule has 1 N–H and O–H groups in total. The van der Waals surface area contributed by atoms with Crippen LogP contribution in [0.25, 0.3) is 0 Å². The number of rotatable bonds is 7. The van der Waals surface area contributed by atoms with Gasteiger partial charge in [0.05, 0.1) is 17.7 Å². The molecule has 6 nitrogen and oxygen atoms in total. The highest BCUT2D eigenvalue weighted by Crippen LogP contribution is 2.25. The molecule has 3 aromatic rings. The highest BCUT2D eigenvalue weighted by molar-refractivity contribution is 7.92. The zero-order valence-corrected chi connectivity index (χ0v) is 17.3. The van der Waals surface area contributed by atoms with Crippen molar-refractivity contribution in [1.82, 2.24) is 0 Å². The molecule has 30 heavy (non-hydrogen) atoms. The fourth-order valence-electron chi connectivity index (χ4n) is 2.80. The standard InChI is InChI=1S/C22H21FN2O4S/c1-16-6-8-19(9-7-16)25(15-22(26)24-18-5-3-4-17(23)14-18)30(27,28)21-12-10-20(29-2)11-13-21/h3-14H,15H2,1-2H3,(H,24,26). The number of carbonyl (C=O) groups is 1. The third kappa shape index (κ3) is 4.96. The molecule has 0 bridgehead atoms. The second kappa shape index (κ2) is 8.96. The number of ether oxygens (including phenoxy) is 1. The van der Waals surface area contributed by atoms with Crippen LogP contribution in [0.2, 0.25) is 0 Å². The van der Waals surface area contributed by atoms with E-state index in [-0.39, 0.29) is 10.6 Å². The molecule has 1 amide bonds. The molecule has 0 unspecified atom stereocenters. The number of carbonyl (C=O) groups excluding carboxylic acids is 1. The Morgan fingerprint density at radius 3 is 2.30 bits per heavy atom. The lowest BCUT2D eigenvalue weighted by Gasteiger charge is -2.24. The van der Waals surface area contributed by atoms with Gasteiger partial charge in [0.25, 0.3) is 10.0 Å².